The highest BCUT2D eigenvalue weighted by molar-refractivity contribution is 6.30. The van der Waals surface area contributed by atoms with Gasteiger partial charge in [0.15, 0.2) is 0 Å². The number of aromatic nitrogens is 2. The van der Waals surface area contributed by atoms with Crippen LogP contribution in [0.2, 0.25) is 5.02 Å². The van der Waals surface area contributed by atoms with Crippen LogP contribution in [-0.2, 0) is 17.8 Å². The Bertz CT molecular complexity index is 880. The lowest BCUT2D eigenvalue weighted by molar-refractivity contribution is -0.120. The summed E-state index contributed by atoms with van der Waals surface area (Å²) in [6.45, 7) is 0.345. The molecule has 0 aliphatic rings. The minimum Gasteiger partial charge on any atom is -0.497 e. The van der Waals surface area contributed by atoms with E-state index in [0.29, 0.717) is 18.0 Å². The molecule has 1 N–H and O–H groups in total. The van der Waals surface area contributed by atoms with Crippen molar-refractivity contribution in [1.82, 2.24) is 15.3 Å². The summed E-state index contributed by atoms with van der Waals surface area (Å²) in [5.74, 6) is 0.717. The number of hydrogen-bond donors (Lipinski definition) is 1. The molecule has 0 spiro atoms. The molecule has 0 unspecified atom stereocenters. The zero-order valence-corrected chi connectivity index (χ0v) is 15.0. The van der Waals surface area contributed by atoms with Gasteiger partial charge in [-0.1, -0.05) is 23.7 Å². The molecule has 1 heterocycles. The van der Waals surface area contributed by atoms with Gasteiger partial charge in [0.25, 0.3) is 0 Å². The largest absolute Gasteiger partial charge is 0.497 e. The van der Waals surface area contributed by atoms with Crippen LogP contribution < -0.4 is 10.1 Å². The summed E-state index contributed by atoms with van der Waals surface area (Å²) >= 11 is 5.85. The lowest BCUT2D eigenvalue weighted by Crippen LogP contribution is -2.25. The van der Waals surface area contributed by atoms with Crippen LogP contribution in [0.5, 0.6) is 5.75 Å². The fraction of sp³-hybridized carbons (Fsp3) is 0.150. The first-order valence-electron chi connectivity index (χ1n) is 8.10. The summed E-state index contributed by atoms with van der Waals surface area (Å²) in [5, 5.41) is 3.53. The zero-order valence-electron chi connectivity index (χ0n) is 14.3. The molecule has 132 valence electrons. The van der Waals surface area contributed by atoms with Crippen molar-refractivity contribution >= 4 is 17.5 Å². The van der Waals surface area contributed by atoms with Crippen LogP contribution in [0.15, 0.2) is 60.9 Å². The Morgan fingerprint density at radius 3 is 2.50 bits per heavy atom. The number of rotatable bonds is 6. The van der Waals surface area contributed by atoms with Crippen molar-refractivity contribution in [1.29, 1.82) is 0 Å². The number of halogens is 1. The lowest BCUT2D eigenvalue weighted by Gasteiger charge is -2.07. The molecule has 0 saturated heterocycles. The maximum absolute atomic E-state index is 12.1. The predicted octanol–water partition coefficient (Wildman–Crippen LogP) is 3.66. The van der Waals surface area contributed by atoms with Crippen molar-refractivity contribution in [2.45, 2.75) is 13.0 Å². The van der Waals surface area contributed by atoms with Crippen LogP contribution in [0, 0.1) is 0 Å². The van der Waals surface area contributed by atoms with E-state index in [1.54, 1.807) is 19.2 Å². The first kappa shape index (κ1) is 17.9. The zero-order chi connectivity index (χ0) is 18.4. The number of amides is 1. The lowest BCUT2D eigenvalue weighted by atomic mass is 10.1. The number of nitrogens with zero attached hydrogens (tertiary/aromatic N) is 2. The van der Waals surface area contributed by atoms with Gasteiger partial charge in [0.2, 0.25) is 5.91 Å². The maximum Gasteiger partial charge on any atom is 0.224 e. The molecular formula is C20H18ClN3O2. The van der Waals surface area contributed by atoms with Crippen molar-refractivity contribution < 1.29 is 9.53 Å². The van der Waals surface area contributed by atoms with E-state index in [1.165, 1.54) is 6.33 Å². The molecule has 3 rings (SSSR count). The molecule has 6 heteroatoms. The van der Waals surface area contributed by atoms with E-state index in [-0.39, 0.29) is 5.91 Å². The molecule has 26 heavy (non-hydrogen) atoms. The fourth-order valence-corrected chi connectivity index (χ4v) is 2.58. The van der Waals surface area contributed by atoms with E-state index in [9.17, 15) is 4.79 Å². The third kappa shape index (κ3) is 4.80. The Labute approximate surface area is 157 Å². The number of carbonyl (C=O) groups is 1. The third-order valence-electron chi connectivity index (χ3n) is 3.85. The minimum atomic E-state index is -0.0723. The number of methoxy groups -OCH3 is 1. The molecular weight excluding hydrogens is 350 g/mol. The van der Waals surface area contributed by atoms with Gasteiger partial charge in [0.1, 0.15) is 12.1 Å². The van der Waals surface area contributed by atoms with Crippen LogP contribution in [0.1, 0.15) is 11.3 Å². The summed E-state index contributed by atoms with van der Waals surface area (Å²) in [6, 6.07) is 16.7. The van der Waals surface area contributed by atoms with Crippen LogP contribution in [0.3, 0.4) is 0 Å². The van der Waals surface area contributed by atoms with Gasteiger partial charge < -0.3 is 10.1 Å². The second-order valence-corrected chi connectivity index (χ2v) is 6.14. The monoisotopic (exact) mass is 367 g/mol. The third-order valence-corrected chi connectivity index (χ3v) is 4.11. The molecule has 0 saturated carbocycles. The number of ether oxygens (including phenoxy) is 1. The molecule has 0 bridgehead atoms. The molecule has 0 aliphatic heterocycles. The van der Waals surface area contributed by atoms with Crippen LogP contribution >= 0.6 is 11.6 Å². The summed E-state index contributed by atoms with van der Waals surface area (Å²) < 4.78 is 5.16. The molecule has 3 aromatic rings. The Hall–Kier alpha value is -2.92. The summed E-state index contributed by atoms with van der Waals surface area (Å²) in [6.07, 6.45) is 1.80. The number of nitrogens with one attached hydrogen (secondary N) is 1. The second kappa shape index (κ2) is 8.45. The van der Waals surface area contributed by atoms with Crippen molar-refractivity contribution in [2.75, 3.05) is 7.11 Å². The number of carbonyl (C=O) groups excluding carboxylic acids is 1. The van der Waals surface area contributed by atoms with Crippen molar-refractivity contribution in [3.05, 3.63) is 77.2 Å². The van der Waals surface area contributed by atoms with E-state index < -0.39 is 0 Å². The normalized spacial score (nSPS) is 10.4. The van der Waals surface area contributed by atoms with Gasteiger partial charge in [-0.3, -0.25) is 4.79 Å². The van der Waals surface area contributed by atoms with Gasteiger partial charge in [-0.25, -0.2) is 9.97 Å². The Balaban J connectivity index is 1.61. The number of hydrogen-bond acceptors (Lipinski definition) is 4. The Morgan fingerprint density at radius 1 is 1.08 bits per heavy atom. The predicted molar refractivity (Wildman–Crippen MR) is 101 cm³/mol. The highest BCUT2D eigenvalue weighted by atomic mass is 35.5. The van der Waals surface area contributed by atoms with Gasteiger partial charge in [0.05, 0.1) is 31.5 Å². The molecule has 1 amide bonds. The average molecular weight is 368 g/mol. The minimum absolute atomic E-state index is 0.0723. The van der Waals surface area contributed by atoms with E-state index in [1.807, 2.05) is 42.5 Å². The summed E-state index contributed by atoms with van der Waals surface area (Å²) in [5.41, 5.74) is 3.41. The smallest absolute Gasteiger partial charge is 0.224 e. The van der Waals surface area contributed by atoms with Crippen LogP contribution in [-0.4, -0.2) is 23.0 Å². The van der Waals surface area contributed by atoms with Gasteiger partial charge in [-0.2, -0.15) is 0 Å². The van der Waals surface area contributed by atoms with Crippen molar-refractivity contribution in [3.63, 3.8) is 0 Å². The van der Waals surface area contributed by atoms with Crippen LogP contribution in [0.4, 0.5) is 0 Å². The van der Waals surface area contributed by atoms with Crippen molar-refractivity contribution in [3.8, 4) is 17.0 Å². The average Bonchev–Trinajstić information content (AvgIpc) is 2.68. The van der Waals surface area contributed by atoms with E-state index in [4.69, 9.17) is 16.3 Å². The Morgan fingerprint density at radius 2 is 1.81 bits per heavy atom. The topological polar surface area (TPSA) is 64.1 Å². The van der Waals surface area contributed by atoms with E-state index in [2.05, 4.69) is 15.3 Å². The van der Waals surface area contributed by atoms with Gasteiger partial charge in [-0.15, -0.1) is 0 Å². The fourth-order valence-electron chi connectivity index (χ4n) is 2.45. The van der Waals surface area contributed by atoms with Gasteiger partial charge >= 0.3 is 0 Å². The summed E-state index contributed by atoms with van der Waals surface area (Å²) in [7, 11) is 1.63. The highest BCUT2D eigenvalue weighted by Gasteiger charge is 2.06. The maximum atomic E-state index is 12.1. The Kier molecular flexibility index (Phi) is 5.81. The standard InChI is InChI=1S/C20H18ClN3O2/c1-26-18-8-4-15(5-9-18)19-11-17(23-13-24-19)12-22-20(25)10-14-2-6-16(21)7-3-14/h2-9,11,13H,10,12H2,1H3,(H,22,25). The number of benzene rings is 2. The SMILES string of the molecule is COc1ccc(-c2cc(CNC(=O)Cc3ccc(Cl)cc3)ncn2)cc1. The molecule has 1 aromatic heterocycles. The molecule has 2 aromatic carbocycles. The van der Waals surface area contributed by atoms with Crippen molar-refractivity contribution in [2.24, 2.45) is 0 Å². The molecule has 0 fully saturated rings. The van der Waals surface area contributed by atoms with E-state index in [0.717, 1.165) is 28.3 Å². The molecule has 0 atom stereocenters. The van der Waals surface area contributed by atoms with Gasteiger partial charge in [-0.05, 0) is 48.0 Å². The highest BCUT2D eigenvalue weighted by Crippen LogP contribution is 2.20. The van der Waals surface area contributed by atoms with Crippen LogP contribution in [0.25, 0.3) is 11.3 Å². The van der Waals surface area contributed by atoms with Gasteiger partial charge in [0, 0.05) is 10.6 Å². The quantitative estimate of drug-likeness (QED) is 0.722. The molecule has 5 nitrogen and oxygen atoms in total. The molecule has 0 radical (unpaired) electrons. The first-order chi connectivity index (χ1) is 12.6. The second-order valence-electron chi connectivity index (χ2n) is 5.70. The summed E-state index contributed by atoms with van der Waals surface area (Å²) in [4.78, 5) is 20.6. The van der Waals surface area contributed by atoms with E-state index >= 15 is 0 Å². The molecule has 0 aliphatic carbocycles. The first-order valence-corrected chi connectivity index (χ1v) is 8.48.